The number of urea groups is 1. The van der Waals surface area contributed by atoms with Crippen LogP contribution in [0.25, 0.3) is 0 Å². The number of carbonyl (C=O) groups excluding carboxylic acids is 1. The SMILES string of the molecule is Cc1nnc(NC(=O)N2CCC3(CC2)CC(c2cccc(OC(F)(F)F)c2)C3)o1. The predicted molar refractivity (Wildman–Crippen MR) is 96.4 cm³/mol. The summed E-state index contributed by atoms with van der Waals surface area (Å²) in [6.45, 7) is 2.87. The Morgan fingerprint density at radius 1 is 1.28 bits per heavy atom. The van der Waals surface area contributed by atoms with Gasteiger partial charge in [-0.2, -0.15) is 0 Å². The zero-order chi connectivity index (χ0) is 20.6. The zero-order valence-corrected chi connectivity index (χ0v) is 15.8. The van der Waals surface area contributed by atoms with Gasteiger partial charge in [-0.15, -0.1) is 18.3 Å². The molecule has 10 heteroatoms. The van der Waals surface area contributed by atoms with E-state index in [1.54, 1.807) is 17.9 Å². The molecule has 0 bridgehead atoms. The molecule has 1 aromatic carbocycles. The average Bonchev–Trinajstić information content (AvgIpc) is 3.03. The number of halogens is 3. The van der Waals surface area contributed by atoms with E-state index in [1.807, 2.05) is 6.07 Å². The Hall–Kier alpha value is -2.78. The van der Waals surface area contributed by atoms with Gasteiger partial charge in [0.2, 0.25) is 5.89 Å². The molecule has 1 N–H and O–H groups in total. The van der Waals surface area contributed by atoms with Crippen LogP contribution >= 0.6 is 0 Å². The summed E-state index contributed by atoms with van der Waals surface area (Å²) in [5.74, 6) is 0.412. The van der Waals surface area contributed by atoms with Gasteiger partial charge in [-0.05, 0) is 54.7 Å². The van der Waals surface area contributed by atoms with Crippen molar-refractivity contribution in [3.05, 3.63) is 35.7 Å². The summed E-state index contributed by atoms with van der Waals surface area (Å²) in [4.78, 5) is 14.0. The summed E-state index contributed by atoms with van der Waals surface area (Å²) in [6.07, 6.45) is -1.16. The van der Waals surface area contributed by atoms with E-state index >= 15 is 0 Å². The number of nitrogens with one attached hydrogen (secondary N) is 1. The number of rotatable bonds is 3. The fourth-order valence-corrected chi connectivity index (χ4v) is 4.30. The van der Waals surface area contributed by atoms with Crippen LogP contribution in [0.3, 0.4) is 0 Å². The van der Waals surface area contributed by atoms with Crippen molar-refractivity contribution in [1.29, 1.82) is 0 Å². The Morgan fingerprint density at radius 3 is 2.62 bits per heavy atom. The lowest BCUT2D eigenvalue weighted by atomic mass is 9.56. The molecule has 29 heavy (non-hydrogen) atoms. The van der Waals surface area contributed by atoms with Crippen molar-refractivity contribution in [2.24, 2.45) is 5.41 Å². The molecule has 2 heterocycles. The Morgan fingerprint density at radius 2 is 2.00 bits per heavy atom. The monoisotopic (exact) mass is 410 g/mol. The number of amides is 2. The van der Waals surface area contributed by atoms with Crippen LogP contribution in [0.4, 0.5) is 24.0 Å². The first-order valence-electron chi connectivity index (χ1n) is 9.43. The molecule has 1 aliphatic carbocycles. The minimum absolute atomic E-state index is 0.0810. The smallest absolute Gasteiger partial charge is 0.408 e. The van der Waals surface area contributed by atoms with Crippen molar-refractivity contribution in [2.75, 3.05) is 18.4 Å². The number of ether oxygens (including phenoxy) is 1. The van der Waals surface area contributed by atoms with Gasteiger partial charge in [0.1, 0.15) is 5.75 Å². The Labute approximate surface area is 165 Å². The number of nitrogens with zero attached hydrogens (tertiary/aromatic N) is 3. The van der Waals surface area contributed by atoms with Crippen LogP contribution in [0, 0.1) is 12.3 Å². The number of anilines is 1. The number of alkyl halides is 3. The van der Waals surface area contributed by atoms with E-state index in [4.69, 9.17) is 4.42 Å². The normalized spacial score (nSPS) is 19.1. The minimum atomic E-state index is -4.69. The van der Waals surface area contributed by atoms with E-state index in [0.717, 1.165) is 31.2 Å². The van der Waals surface area contributed by atoms with E-state index < -0.39 is 6.36 Å². The number of hydrogen-bond donors (Lipinski definition) is 1. The van der Waals surface area contributed by atoms with Gasteiger partial charge in [0, 0.05) is 20.0 Å². The fourth-order valence-electron chi connectivity index (χ4n) is 4.30. The van der Waals surface area contributed by atoms with Crippen molar-refractivity contribution in [3.8, 4) is 5.75 Å². The average molecular weight is 410 g/mol. The second-order valence-electron chi connectivity index (χ2n) is 7.77. The molecule has 1 spiro atoms. The van der Waals surface area contributed by atoms with Crippen molar-refractivity contribution in [1.82, 2.24) is 15.1 Å². The highest BCUT2D eigenvalue weighted by Gasteiger charge is 2.47. The lowest BCUT2D eigenvalue weighted by molar-refractivity contribution is -0.274. The van der Waals surface area contributed by atoms with Crippen molar-refractivity contribution in [2.45, 2.75) is 44.9 Å². The third-order valence-electron chi connectivity index (χ3n) is 5.77. The number of hydrogen-bond acceptors (Lipinski definition) is 5. The zero-order valence-electron chi connectivity index (χ0n) is 15.8. The number of piperidine rings is 1. The molecule has 156 valence electrons. The molecule has 2 amide bonds. The molecular formula is C19H21F3N4O3. The third kappa shape index (κ3) is 4.46. The van der Waals surface area contributed by atoms with Crippen LogP contribution in [0.1, 0.15) is 43.1 Å². The maximum atomic E-state index is 12.4. The van der Waals surface area contributed by atoms with E-state index in [2.05, 4.69) is 20.3 Å². The molecule has 4 rings (SSSR count). The van der Waals surface area contributed by atoms with Crippen LogP contribution < -0.4 is 10.1 Å². The third-order valence-corrected chi connectivity index (χ3v) is 5.77. The van der Waals surface area contributed by atoms with E-state index in [1.165, 1.54) is 12.1 Å². The summed E-state index contributed by atoms with van der Waals surface area (Å²) < 4.78 is 46.5. The summed E-state index contributed by atoms with van der Waals surface area (Å²) in [5, 5.41) is 10.0. The van der Waals surface area contributed by atoms with Gasteiger partial charge in [0.05, 0.1) is 0 Å². The maximum Gasteiger partial charge on any atom is 0.573 e. The van der Waals surface area contributed by atoms with E-state index in [-0.39, 0.29) is 29.1 Å². The van der Waals surface area contributed by atoms with Crippen molar-refractivity contribution >= 4 is 12.0 Å². The van der Waals surface area contributed by atoms with Crippen LogP contribution in [0.5, 0.6) is 5.75 Å². The number of aromatic nitrogens is 2. The molecule has 1 saturated heterocycles. The highest BCUT2D eigenvalue weighted by Crippen LogP contribution is 2.56. The first-order chi connectivity index (χ1) is 13.7. The molecule has 2 fully saturated rings. The van der Waals surface area contributed by atoms with Gasteiger partial charge in [0.25, 0.3) is 0 Å². The predicted octanol–water partition coefficient (Wildman–Crippen LogP) is 4.47. The number of carbonyl (C=O) groups is 1. The maximum absolute atomic E-state index is 12.4. The minimum Gasteiger partial charge on any atom is -0.408 e. The van der Waals surface area contributed by atoms with Crippen LogP contribution in [0.2, 0.25) is 0 Å². The molecule has 1 saturated carbocycles. The number of likely N-dealkylation sites (tertiary alicyclic amines) is 1. The topological polar surface area (TPSA) is 80.5 Å². The molecular weight excluding hydrogens is 389 g/mol. The Bertz CT molecular complexity index is 883. The van der Waals surface area contributed by atoms with Gasteiger partial charge in [-0.1, -0.05) is 17.2 Å². The second kappa shape index (κ2) is 7.23. The largest absolute Gasteiger partial charge is 0.573 e. The van der Waals surface area contributed by atoms with Gasteiger partial charge in [-0.3, -0.25) is 5.32 Å². The van der Waals surface area contributed by atoms with Crippen molar-refractivity contribution < 1.29 is 27.1 Å². The number of aryl methyl sites for hydroxylation is 1. The van der Waals surface area contributed by atoms with Gasteiger partial charge in [0.15, 0.2) is 0 Å². The molecule has 1 aromatic heterocycles. The molecule has 0 unspecified atom stereocenters. The lowest BCUT2D eigenvalue weighted by Crippen LogP contribution is -2.49. The van der Waals surface area contributed by atoms with Crippen LogP contribution in [0.15, 0.2) is 28.7 Å². The highest BCUT2D eigenvalue weighted by molar-refractivity contribution is 5.87. The Balaban J connectivity index is 1.29. The highest BCUT2D eigenvalue weighted by atomic mass is 19.4. The first-order valence-corrected chi connectivity index (χ1v) is 9.43. The van der Waals surface area contributed by atoms with Crippen molar-refractivity contribution in [3.63, 3.8) is 0 Å². The van der Waals surface area contributed by atoms with Crippen LogP contribution in [-0.4, -0.2) is 40.6 Å². The molecule has 0 atom stereocenters. The van der Waals surface area contributed by atoms with E-state index in [9.17, 15) is 18.0 Å². The first kappa shape index (κ1) is 19.5. The molecule has 2 aliphatic rings. The molecule has 2 aromatic rings. The standard InChI is InChI=1S/C19H21F3N4O3/c1-12-24-25-16(28-12)23-17(27)26-7-5-18(6-8-26)10-14(11-18)13-3-2-4-15(9-13)29-19(20,21)22/h2-4,9,14H,5-8,10-11H2,1H3,(H,23,25,27). The second-order valence-corrected chi connectivity index (χ2v) is 7.77. The summed E-state index contributed by atoms with van der Waals surface area (Å²) in [5.41, 5.74) is 1.01. The van der Waals surface area contributed by atoms with Gasteiger partial charge in [-0.25, -0.2) is 4.79 Å². The quantitative estimate of drug-likeness (QED) is 0.808. The lowest BCUT2D eigenvalue weighted by Gasteiger charge is -2.52. The molecule has 0 radical (unpaired) electrons. The van der Waals surface area contributed by atoms with E-state index in [0.29, 0.717) is 19.0 Å². The fraction of sp³-hybridized carbons (Fsp3) is 0.526. The Kier molecular flexibility index (Phi) is 4.87. The van der Waals surface area contributed by atoms with Gasteiger partial charge < -0.3 is 14.1 Å². The number of benzene rings is 1. The molecule has 1 aliphatic heterocycles. The summed E-state index contributed by atoms with van der Waals surface area (Å²) in [6, 6.07) is 6.03. The summed E-state index contributed by atoms with van der Waals surface area (Å²) >= 11 is 0. The van der Waals surface area contributed by atoms with Gasteiger partial charge >= 0.3 is 18.4 Å². The summed E-state index contributed by atoms with van der Waals surface area (Å²) in [7, 11) is 0. The molecule has 7 nitrogen and oxygen atoms in total. The van der Waals surface area contributed by atoms with Crippen LogP contribution in [-0.2, 0) is 0 Å².